The van der Waals surface area contributed by atoms with Crippen molar-refractivity contribution in [2.45, 2.75) is 6.61 Å². The number of hydrogen-bond acceptors (Lipinski definition) is 4. The summed E-state index contributed by atoms with van der Waals surface area (Å²) in [5, 5.41) is 12.9. The molecule has 0 spiro atoms. The van der Waals surface area contributed by atoms with Gasteiger partial charge in [0.05, 0.1) is 19.4 Å². The number of fused-ring (bicyclic) bond motifs is 1. The van der Waals surface area contributed by atoms with Gasteiger partial charge in [0, 0.05) is 18.3 Å². The molecule has 0 bridgehead atoms. The lowest BCUT2D eigenvalue weighted by atomic mass is 10.4. The highest BCUT2D eigenvalue weighted by Gasteiger charge is 2.04. The van der Waals surface area contributed by atoms with E-state index in [1.807, 2.05) is 0 Å². The molecule has 2 aromatic heterocycles. The Morgan fingerprint density at radius 2 is 2.46 bits per heavy atom. The largest absolute Gasteiger partial charge is 0.481 e. The van der Waals surface area contributed by atoms with Crippen LogP contribution < -0.4 is 4.74 Å². The summed E-state index contributed by atoms with van der Waals surface area (Å²) >= 11 is 0. The van der Waals surface area contributed by atoms with E-state index in [4.69, 9.17) is 9.84 Å². The van der Waals surface area contributed by atoms with Crippen LogP contribution in [0.3, 0.4) is 0 Å². The highest BCUT2D eigenvalue weighted by molar-refractivity contribution is 5.41. The molecule has 0 radical (unpaired) electrons. The lowest BCUT2D eigenvalue weighted by molar-refractivity contribution is 0.275. The molecule has 0 aromatic carbocycles. The second-order valence-corrected chi connectivity index (χ2v) is 2.55. The van der Waals surface area contributed by atoms with E-state index in [-0.39, 0.29) is 6.61 Å². The molecule has 1 N–H and O–H groups in total. The summed E-state index contributed by atoms with van der Waals surface area (Å²) in [5.41, 5.74) is 1.25. The van der Waals surface area contributed by atoms with Crippen molar-refractivity contribution in [3.63, 3.8) is 0 Å². The first kappa shape index (κ1) is 8.00. The lowest BCUT2D eigenvalue weighted by Gasteiger charge is -2.00. The Bertz CT molecular complexity index is 424. The molecule has 2 heterocycles. The zero-order chi connectivity index (χ0) is 9.26. The van der Waals surface area contributed by atoms with Crippen molar-refractivity contribution in [1.82, 2.24) is 14.6 Å². The maximum absolute atomic E-state index is 8.86. The molecule has 0 saturated heterocycles. The Kier molecular flexibility index (Phi) is 1.86. The standard InChI is InChI=1S/C8H9N3O2/c1-13-8-2-3-9-7-4-6(5-12)10-11(7)8/h2-4,12H,5H2,1H3. The average Bonchev–Trinajstić information content (AvgIpc) is 2.59. The van der Waals surface area contributed by atoms with E-state index in [0.717, 1.165) is 0 Å². The minimum absolute atomic E-state index is 0.0908. The van der Waals surface area contributed by atoms with Crippen molar-refractivity contribution in [3.8, 4) is 5.88 Å². The van der Waals surface area contributed by atoms with Gasteiger partial charge in [-0.25, -0.2) is 4.98 Å². The van der Waals surface area contributed by atoms with Gasteiger partial charge in [-0.15, -0.1) is 0 Å². The molecule has 2 aromatic rings. The van der Waals surface area contributed by atoms with Crippen LogP contribution in [0.2, 0.25) is 0 Å². The van der Waals surface area contributed by atoms with Gasteiger partial charge >= 0.3 is 0 Å². The van der Waals surface area contributed by atoms with Crippen LogP contribution >= 0.6 is 0 Å². The summed E-state index contributed by atoms with van der Waals surface area (Å²) in [6, 6.07) is 3.42. The number of aliphatic hydroxyl groups excluding tert-OH is 1. The lowest BCUT2D eigenvalue weighted by Crippen LogP contribution is -1.96. The summed E-state index contributed by atoms with van der Waals surface area (Å²) in [6.07, 6.45) is 1.64. The van der Waals surface area contributed by atoms with Gasteiger partial charge in [-0.3, -0.25) is 0 Å². The van der Waals surface area contributed by atoms with Gasteiger partial charge in [-0.1, -0.05) is 0 Å². The number of aromatic nitrogens is 3. The first-order chi connectivity index (χ1) is 6.35. The normalized spacial score (nSPS) is 10.6. The third-order valence-electron chi connectivity index (χ3n) is 1.74. The van der Waals surface area contributed by atoms with Gasteiger partial charge < -0.3 is 9.84 Å². The number of hydrogen-bond donors (Lipinski definition) is 1. The van der Waals surface area contributed by atoms with Crippen molar-refractivity contribution in [3.05, 3.63) is 24.0 Å². The highest BCUT2D eigenvalue weighted by atomic mass is 16.5. The summed E-state index contributed by atoms with van der Waals surface area (Å²) in [7, 11) is 1.56. The highest BCUT2D eigenvalue weighted by Crippen LogP contribution is 2.12. The fourth-order valence-electron chi connectivity index (χ4n) is 1.15. The Hall–Kier alpha value is -1.62. The van der Waals surface area contributed by atoms with Crippen molar-refractivity contribution in [2.75, 3.05) is 7.11 Å². The second kappa shape index (κ2) is 3.02. The molecule has 0 aliphatic carbocycles. The van der Waals surface area contributed by atoms with E-state index in [1.54, 1.807) is 30.0 Å². The number of methoxy groups -OCH3 is 1. The molecule has 5 nitrogen and oxygen atoms in total. The van der Waals surface area contributed by atoms with Gasteiger partial charge in [0.15, 0.2) is 5.65 Å². The van der Waals surface area contributed by atoms with E-state index < -0.39 is 0 Å². The fraction of sp³-hybridized carbons (Fsp3) is 0.250. The number of aliphatic hydroxyl groups is 1. The molecule has 0 atom stereocenters. The van der Waals surface area contributed by atoms with Gasteiger partial charge in [0.2, 0.25) is 5.88 Å². The zero-order valence-corrected chi connectivity index (χ0v) is 7.14. The van der Waals surface area contributed by atoms with Crippen LogP contribution in [0.5, 0.6) is 5.88 Å². The van der Waals surface area contributed by atoms with E-state index in [9.17, 15) is 0 Å². The third-order valence-corrected chi connectivity index (χ3v) is 1.74. The number of rotatable bonds is 2. The minimum Gasteiger partial charge on any atom is -0.481 e. The first-order valence-electron chi connectivity index (χ1n) is 3.83. The van der Waals surface area contributed by atoms with Crippen LogP contribution in [-0.2, 0) is 6.61 Å². The van der Waals surface area contributed by atoms with Crippen molar-refractivity contribution >= 4 is 5.65 Å². The molecule has 0 saturated carbocycles. The van der Waals surface area contributed by atoms with Crippen LogP contribution in [0.4, 0.5) is 0 Å². The van der Waals surface area contributed by atoms with Crippen LogP contribution in [-0.4, -0.2) is 26.8 Å². The molecule has 5 heteroatoms. The predicted molar refractivity (Wildman–Crippen MR) is 45.5 cm³/mol. The molecular formula is C8H9N3O2. The van der Waals surface area contributed by atoms with E-state index in [2.05, 4.69) is 10.1 Å². The van der Waals surface area contributed by atoms with Gasteiger partial charge in [0.1, 0.15) is 0 Å². The van der Waals surface area contributed by atoms with E-state index in [0.29, 0.717) is 17.2 Å². The minimum atomic E-state index is -0.0908. The van der Waals surface area contributed by atoms with Crippen LogP contribution in [0.25, 0.3) is 5.65 Å². The second-order valence-electron chi connectivity index (χ2n) is 2.55. The topological polar surface area (TPSA) is 59.7 Å². The fourth-order valence-corrected chi connectivity index (χ4v) is 1.15. The van der Waals surface area contributed by atoms with E-state index >= 15 is 0 Å². The maximum Gasteiger partial charge on any atom is 0.217 e. The Balaban J connectivity index is 2.67. The smallest absolute Gasteiger partial charge is 0.217 e. The first-order valence-corrected chi connectivity index (χ1v) is 3.83. The van der Waals surface area contributed by atoms with Crippen LogP contribution in [0.15, 0.2) is 18.3 Å². The Morgan fingerprint density at radius 1 is 1.62 bits per heavy atom. The van der Waals surface area contributed by atoms with Crippen molar-refractivity contribution < 1.29 is 9.84 Å². The van der Waals surface area contributed by atoms with Crippen LogP contribution in [0.1, 0.15) is 5.69 Å². The zero-order valence-electron chi connectivity index (χ0n) is 7.14. The van der Waals surface area contributed by atoms with Crippen molar-refractivity contribution in [1.29, 1.82) is 0 Å². The molecule has 0 amide bonds. The third kappa shape index (κ3) is 1.23. The molecular weight excluding hydrogens is 170 g/mol. The number of ether oxygens (including phenoxy) is 1. The summed E-state index contributed by atoms with van der Waals surface area (Å²) < 4.78 is 6.61. The molecule has 2 rings (SSSR count). The summed E-state index contributed by atoms with van der Waals surface area (Å²) in [4.78, 5) is 4.07. The molecule has 0 aliphatic rings. The SMILES string of the molecule is COc1ccnc2cc(CO)nn12. The quantitative estimate of drug-likeness (QED) is 0.716. The molecule has 13 heavy (non-hydrogen) atoms. The maximum atomic E-state index is 8.86. The van der Waals surface area contributed by atoms with Gasteiger partial charge in [0.25, 0.3) is 0 Å². The Labute approximate surface area is 74.6 Å². The van der Waals surface area contributed by atoms with Gasteiger partial charge in [-0.2, -0.15) is 9.61 Å². The van der Waals surface area contributed by atoms with E-state index in [1.165, 1.54) is 0 Å². The molecule has 0 fully saturated rings. The molecule has 0 aliphatic heterocycles. The number of nitrogens with zero attached hydrogens (tertiary/aromatic N) is 3. The summed E-state index contributed by atoms with van der Waals surface area (Å²) in [5.74, 6) is 0.602. The predicted octanol–water partition coefficient (Wildman–Crippen LogP) is 0.230. The summed E-state index contributed by atoms with van der Waals surface area (Å²) in [6.45, 7) is -0.0908. The molecule has 68 valence electrons. The molecule has 0 unspecified atom stereocenters. The Morgan fingerprint density at radius 3 is 3.15 bits per heavy atom. The average molecular weight is 179 g/mol. The van der Waals surface area contributed by atoms with Crippen molar-refractivity contribution in [2.24, 2.45) is 0 Å². The van der Waals surface area contributed by atoms with Crippen LogP contribution in [0, 0.1) is 0 Å². The monoisotopic (exact) mass is 179 g/mol. The van der Waals surface area contributed by atoms with Gasteiger partial charge in [-0.05, 0) is 0 Å².